The molecule has 1 radical (unpaired) electrons. The van der Waals surface area contributed by atoms with Crippen LogP contribution in [0.1, 0.15) is 85.0 Å². The molecule has 0 aromatic carbocycles. The van der Waals surface area contributed by atoms with Crippen molar-refractivity contribution in [1.82, 2.24) is 10.9 Å². The summed E-state index contributed by atoms with van der Waals surface area (Å²) in [7, 11) is 0. The first kappa shape index (κ1) is 17.9. The molecule has 0 fully saturated rings. The van der Waals surface area contributed by atoms with Gasteiger partial charge in [-0.1, -0.05) is 72.1 Å². The minimum Gasteiger partial charge on any atom is -0.240 e. The number of rotatable bonds is 14. The third-order valence-electron chi connectivity index (χ3n) is 3.66. The highest BCUT2D eigenvalue weighted by Crippen LogP contribution is 2.10. The van der Waals surface area contributed by atoms with Crippen molar-refractivity contribution in [1.29, 1.82) is 0 Å². The largest absolute Gasteiger partial charge is 0.240 e. The highest BCUT2D eigenvalue weighted by atomic mass is 15.3. The van der Waals surface area contributed by atoms with Crippen LogP contribution in [0.15, 0.2) is 0 Å². The standard InChI is InChI=1S/C16H35N2/c1-4-7-9-10-11-12-14-17-18-15-16(6-3)13-8-5-2/h16,18H,4-15H2,1-3H3. The van der Waals surface area contributed by atoms with Gasteiger partial charge < -0.3 is 0 Å². The van der Waals surface area contributed by atoms with Gasteiger partial charge in [-0.2, -0.15) is 5.43 Å². The van der Waals surface area contributed by atoms with Gasteiger partial charge in [-0.15, -0.1) is 0 Å². The topological polar surface area (TPSA) is 26.1 Å². The van der Waals surface area contributed by atoms with E-state index in [1.807, 2.05) is 0 Å². The summed E-state index contributed by atoms with van der Waals surface area (Å²) in [6.45, 7) is 8.89. The Hall–Kier alpha value is -0.0800. The Labute approximate surface area is 115 Å². The SMILES string of the molecule is CCCCCCCC[N]NCC(CC)CCCC. The van der Waals surface area contributed by atoms with E-state index < -0.39 is 0 Å². The van der Waals surface area contributed by atoms with E-state index in [1.54, 1.807) is 0 Å². The molecule has 0 aliphatic rings. The van der Waals surface area contributed by atoms with Crippen LogP contribution in [0, 0.1) is 5.92 Å². The van der Waals surface area contributed by atoms with Crippen LogP contribution in [0.2, 0.25) is 0 Å². The molecule has 1 unspecified atom stereocenters. The molecule has 18 heavy (non-hydrogen) atoms. The van der Waals surface area contributed by atoms with Crippen molar-refractivity contribution in [3.05, 3.63) is 0 Å². The summed E-state index contributed by atoms with van der Waals surface area (Å²) in [4.78, 5) is 0. The Balaban J connectivity index is 3.17. The Kier molecular flexibility index (Phi) is 14.9. The first-order valence-corrected chi connectivity index (χ1v) is 8.24. The fourth-order valence-electron chi connectivity index (χ4n) is 2.19. The fourth-order valence-corrected chi connectivity index (χ4v) is 2.19. The summed E-state index contributed by atoms with van der Waals surface area (Å²) < 4.78 is 0. The molecule has 0 saturated heterocycles. The Morgan fingerprint density at radius 3 is 2.17 bits per heavy atom. The average molecular weight is 255 g/mol. The van der Waals surface area contributed by atoms with Crippen molar-refractivity contribution in [2.75, 3.05) is 13.1 Å². The monoisotopic (exact) mass is 255 g/mol. The average Bonchev–Trinajstić information content (AvgIpc) is 2.40. The molecule has 0 spiro atoms. The van der Waals surface area contributed by atoms with Gasteiger partial charge in [-0.05, 0) is 18.8 Å². The Morgan fingerprint density at radius 2 is 1.50 bits per heavy atom. The molecular weight excluding hydrogens is 220 g/mol. The van der Waals surface area contributed by atoms with Crippen LogP contribution in [-0.2, 0) is 0 Å². The number of nitrogens with one attached hydrogen (secondary N) is 1. The van der Waals surface area contributed by atoms with Crippen molar-refractivity contribution in [3.63, 3.8) is 0 Å². The zero-order valence-electron chi connectivity index (χ0n) is 13.0. The van der Waals surface area contributed by atoms with Gasteiger partial charge in [0.15, 0.2) is 0 Å². The molecule has 0 aliphatic carbocycles. The second-order valence-electron chi connectivity index (χ2n) is 5.43. The van der Waals surface area contributed by atoms with Gasteiger partial charge in [0.1, 0.15) is 0 Å². The molecule has 1 atom stereocenters. The van der Waals surface area contributed by atoms with Crippen LogP contribution in [0.4, 0.5) is 0 Å². The minimum absolute atomic E-state index is 0.818. The zero-order valence-corrected chi connectivity index (χ0v) is 13.0. The molecule has 0 aromatic heterocycles. The lowest BCUT2D eigenvalue weighted by atomic mass is 10.00. The molecule has 0 heterocycles. The first-order chi connectivity index (χ1) is 8.85. The molecule has 2 heteroatoms. The minimum atomic E-state index is 0.818. The van der Waals surface area contributed by atoms with Crippen molar-refractivity contribution in [2.45, 2.75) is 85.0 Å². The van der Waals surface area contributed by atoms with Gasteiger partial charge in [0.05, 0.1) is 0 Å². The molecule has 1 N–H and O–H groups in total. The molecule has 0 rings (SSSR count). The normalized spacial score (nSPS) is 12.8. The summed E-state index contributed by atoms with van der Waals surface area (Å²) in [5.74, 6) is 0.818. The zero-order chi connectivity index (χ0) is 13.5. The third-order valence-corrected chi connectivity index (χ3v) is 3.66. The van der Waals surface area contributed by atoms with Crippen LogP contribution >= 0.6 is 0 Å². The smallest absolute Gasteiger partial charge is 0.0304 e. The van der Waals surface area contributed by atoms with E-state index in [1.165, 1.54) is 64.2 Å². The van der Waals surface area contributed by atoms with Crippen LogP contribution in [0.25, 0.3) is 0 Å². The van der Waals surface area contributed by atoms with E-state index in [-0.39, 0.29) is 0 Å². The predicted octanol–water partition coefficient (Wildman–Crippen LogP) is 4.67. The molecule has 109 valence electrons. The van der Waals surface area contributed by atoms with Crippen LogP contribution in [0.5, 0.6) is 0 Å². The molecule has 0 aromatic rings. The summed E-state index contributed by atoms with van der Waals surface area (Å²) in [6, 6.07) is 0. The maximum Gasteiger partial charge on any atom is 0.0304 e. The van der Waals surface area contributed by atoms with Crippen LogP contribution in [-0.4, -0.2) is 13.1 Å². The van der Waals surface area contributed by atoms with Gasteiger partial charge in [0.25, 0.3) is 0 Å². The van der Waals surface area contributed by atoms with Crippen LogP contribution < -0.4 is 10.9 Å². The maximum absolute atomic E-state index is 4.43. The number of unbranched alkanes of at least 4 members (excludes halogenated alkanes) is 6. The van der Waals surface area contributed by atoms with Crippen molar-refractivity contribution in [2.24, 2.45) is 5.92 Å². The van der Waals surface area contributed by atoms with Crippen molar-refractivity contribution < 1.29 is 0 Å². The molecule has 0 bridgehead atoms. The van der Waals surface area contributed by atoms with E-state index in [0.717, 1.165) is 19.0 Å². The predicted molar refractivity (Wildman–Crippen MR) is 81.7 cm³/mol. The van der Waals surface area contributed by atoms with E-state index in [9.17, 15) is 0 Å². The van der Waals surface area contributed by atoms with Gasteiger partial charge in [0, 0.05) is 13.1 Å². The van der Waals surface area contributed by atoms with Crippen molar-refractivity contribution in [3.8, 4) is 0 Å². The Bertz CT molecular complexity index is 148. The summed E-state index contributed by atoms with van der Waals surface area (Å²) in [6.07, 6.45) is 13.4. The maximum atomic E-state index is 4.43. The van der Waals surface area contributed by atoms with Gasteiger partial charge >= 0.3 is 0 Å². The van der Waals surface area contributed by atoms with Gasteiger partial charge in [0.2, 0.25) is 0 Å². The van der Waals surface area contributed by atoms with Crippen LogP contribution in [0.3, 0.4) is 0 Å². The third kappa shape index (κ3) is 12.4. The molecule has 0 aliphatic heterocycles. The number of hydrogen-bond donors (Lipinski definition) is 1. The lowest BCUT2D eigenvalue weighted by molar-refractivity contribution is 0.379. The second-order valence-corrected chi connectivity index (χ2v) is 5.43. The number of nitrogens with zero attached hydrogens (tertiary/aromatic N) is 1. The van der Waals surface area contributed by atoms with Gasteiger partial charge in [-0.25, -0.2) is 5.43 Å². The number of hydrogen-bond acceptors (Lipinski definition) is 1. The molecule has 0 saturated carbocycles. The molecular formula is C16H35N2. The lowest BCUT2D eigenvalue weighted by Crippen LogP contribution is -2.30. The van der Waals surface area contributed by atoms with E-state index in [0.29, 0.717) is 0 Å². The highest BCUT2D eigenvalue weighted by molar-refractivity contribution is 4.59. The Morgan fingerprint density at radius 1 is 0.833 bits per heavy atom. The van der Waals surface area contributed by atoms with E-state index in [4.69, 9.17) is 0 Å². The van der Waals surface area contributed by atoms with Crippen molar-refractivity contribution >= 4 is 0 Å². The summed E-state index contributed by atoms with van der Waals surface area (Å²) in [5, 5.41) is 0. The molecule has 2 nitrogen and oxygen atoms in total. The fraction of sp³-hybridized carbons (Fsp3) is 1.00. The first-order valence-electron chi connectivity index (χ1n) is 8.24. The quantitative estimate of drug-likeness (QED) is 0.354. The van der Waals surface area contributed by atoms with Gasteiger partial charge in [-0.3, -0.25) is 0 Å². The van der Waals surface area contributed by atoms with E-state index in [2.05, 4.69) is 31.6 Å². The summed E-state index contributed by atoms with van der Waals surface area (Å²) in [5.41, 5.74) is 7.71. The highest BCUT2D eigenvalue weighted by Gasteiger charge is 2.04. The van der Waals surface area contributed by atoms with E-state index >= 15 is 0 Å². The summed E-state index contributed by atoms with van der Waals surface area (Å²) >= 11 is 0. The second kappa shape index (κ2) is 15.0. The molecule has 0 amide bonds. The lowest BCUT2D eigenvalue weighted by Gasteiger charge is -2.14.